The minimum atomic E-state index is -2.73. The number of nitrogens with zero attached hydrogens (tertiary/aromatic N) is 1. The maximum Gasteiger partial charge on any atom is 0.267 e. The largest absolute Gasteiger partial charge is 0.456 e. The van der Waals surface area contributed by atoms with E-state index in [4.69, 9.17) is 4.74 Å². The number of rotatable bonds is 7. The van der Waals surface area contributed by atoms with E-state index in [1.54, 1.807) is 59.1 Å². The molecule has 10 heteroatoms. The Bertz CT molecular complexity index is 1580. The first kappa shape index (κ1) is 27.0. The minimum absolute atomic E-state index is 0.0588. The number of hydrogen-bond acceptors (Lipinski definition) is 4. The molecule has 0 unspecified atom stereocenters. The molecule has 0 radical (unpaired) electrons. The van der Waals surface area contributed by atoms with Gasteiger partial charge in [-0.1, -0.05) is 6.07 Å². The maximum absolute atomic E-state index is 13.9. The number of hydrogen-bond donors (Lipinski definition) is 3. The number of fused-ring (bicyclic) bond motifs is 1. The fraction of sp³-hybridized carbons (Fsp3) is 0.286. The van der Waals surface area contributed by atoms with Crippen molar-refractivity contribution in [3.63, 3.8) is 0 Å². The molecule has 7 nitrogen and oxygen atoms in total. The summed E-state index contributed by atoms with van der Waals surface area (Å²) in [7, 11) is 1.55. The third-order valence-corrected chi connectivity index (χ3v) is 6.24. The lowest BCUT2D eigenvalue weighted by atomic mass is 9.93. The summed E-state index contributed by atoms with van der Waals surface area (Å²) in [6.45, 7) is 5.85. The van der Waals surface area contributed by atoms with Gasteiger partial charge in [0.15, 0.2) is 0 Å². The number of H-pyrrole nitrogens is 1. The molecule has 0 saturated carbocycles. The van der Waals surface area contributed by atoms with Gasteiger partial charge < -0.3 is 24.7 Å². The normalized spacial score (nSPS) is 11.8. The number of aromatic nitrogens is 2. The summed E-state index contributed by atoms with van der Waals surface area (Å²) < 4.78 is 46.8. The number of benzene rings is 2. The average molecular weight is 528 g/mol. The molecule has 1 amide bonds. The van der Waals surface area contributed by atoms with E-state index in [0.717, 1.165) is 0 Å². The standard InChI is InChI=1S/C28H28F3N3O4/c1-14-8-17(29)9-15(2)25(14)38-22-7-6-16(28(3,4)37)10-18(22)20-13-34(5)27(36)19-11-21(33-24(19)20)26(35)32-12-23(30)31/h6-11,13,23,33,37H,12H2,1-5H3,(H,32,35). The summed E-state index contributed by atoms with van der Waals surface area (Å²) in [5, 5.41) is 13.0. The molecule has 2 aromatic heterocycles. The number of nitrogens with one attached hydrogen (secondary N) is 2. The van der Waals surface area contributed by atoms with Gasteiger partial charge in [-0.25, -0.2) is 13.2 Å². The van der Waals surface area contributed by atoms with Crippen molar-refractivity contribution >= 4 is 16.8 Å². The van der Waals surface area contributed by atoms with Crippen LogP contribution in [0.15, 0.2) is 47.4 Å². The van der Waals surface area contributed by atoms with Crippen molar-refractivity contribution in [1.29, 1.82) is 0 Å². The molecule has 200 valence electrons. The van der Waals surface area contributed by atoms with Gasteiger partial charge in [-0.2, -0.15) is 0 Å². The van der Waals surface area contributed by atoms with E-state index >= 15 is 0 Å². The molecule has 4 aromatic rings. The van der Waals surface area contributed by atoms with E-state index in [9.17, 15) is 27.9 Å². The van der Waals surface area contributed by atoms with Gasteiger partial charge in [-0.15, -0.1) is 0 Å². The van der Waals surface area contributed by atoms with Crippen LogP contribution in [0.5, 0.6) is 11.5 Å². The number of amides is 1. The van der Waals surface area contributed by atoms with Crippen LogP contribution in [0, 0.1) is 19.7 Å². The third-order valence-electron chi connectivity index (χ3n) is 6.24. The molecule has 0 fully saturated rings. The lowest BCUT2D eigenvalue weighted by Crippen LogP contribution is -2.28. The van der Waals surface area contributed by atoms with Crippen LogP contribution >= 0.6 is 0 Å². The van der Waals surface area contributed by atoms with Crippen molar-refractivity contribution in [3.05, 3.63) is 81.2 Å². The van der Waals surface area contributed by atoms with E-state index < -0.39 is 35.9 Å². The van der Waals surface area contributed by atoms with Gasteiger partial charge in [0.1, 0.15) is 23.0 Å². The van der Waals surface area contributed by atoms with Crippen LogP contribution in [-0.2, 0) is 12.6 Å². The highest BCUT2D eigenvalue weighted by Crippen LogP contribution is 2.40. The number of aromatic amines is 1. The first-order chi connectivity index (χ1) is 17.8. The van der Waals surface area contributed by atoms with E-state index in [2.05, 4.69) is 10.3 Å². The molecule has 0 saturated heterocycles. The molecular formula is C28H28F3N3O4. The predicted octanol–water partition coefficient (Wildman–Crippen LogP) is 5.30. The Morgan fingerprint density at radius 3 is 2.39 bits per heavy atom. The van der Waals surface area contributed by atoms with Crippen molar-refractivity contribution in [1.82, 2.24) is 14.9 Å². The Morgan fingerprint density at radius 1 is 1.13 bits per heavy atom. The van der Waals surface area contributed by atoms with E-state index in [-0.39, 0.29) is 11.1 Å². The van der Waals surface area contributed by atoms with E-state index in [1.807, 2.05) is 0 Å². The quantitative estimate of drug-likeness (QED) is 0.304. The van der Waals surface area contributed by atoms with Crippen LogP contribution in [0.3, 0.4) is 0 Å². The number of pyridine rings is 1. The number of halogens is 3. The van der Waals surface area contributed by atoms with Gasteiger partial charge in [0.25, 0.3) is 17.9 Å². The van der Waals surface area contributed by atoms with Crippen LogP contribution in [0.2, 0.25) is 0 Å². The molecule has 2 aromatic carbocycles. The van der Waals surface area contributed by atoms with Gasteiger partial charge in [0.2, 0.25) is 0 Å². The SMILES string of the molecule is Cc1cc(F)cc(C)c1Oc1ccc(C(C)(C)O)cc1-c1cn(C)c(=O)c2cc(C(=O)NCC(F)F)[nH]c12. The molecule has 0 spiro atoms. The zero-order chi connectivity index (χ0) is 27.9. The van der Waals surface area contributed by atoms with Crippen molar-refractivity contribution in [2.45, 2.75) is 39.7 Å². The topological polar surface area (TPSA) is 96.3 Å². The van der Waals surface area contributed by atoms with Crippen LogP contribution in [0.4, 0.5) is 13.2 Å². The summed E-state index contributed by atoms with van der Waals surface area (Å²) >= 11 is 0. The Hall–Kier alpha value is -4.05. The highest BCUT2D eigenvalue weighted by molar-refractivity contribution is 6.02. The molecule has 0 atom stereocenters. The van der Waals surface area contributed by atoms with Crippen molar-refractivity contribution in [2.24, 2.45) is 7.05 Å². The van der Waals surface area contributed by atoms with Gasteiger partial charge in [-0.3, -0.25) is 9.59 Å². The molecular weight excluding hydrogens is 499 g/mol. The Labute approximate surface area is 216 Å². The lowest BCUT2D eigenvalue weighted by Gasteiger charge is -2.22. The maximum atomic E-state index is 13.9. The number of aliphatic hydroxyl groups is 1. The second kappa shape index (κ2) is 10.0. The Balaban J connectivity index is 1.95. The van der Waals surface area contributed by atoms with Gasteiger partial charge in [0.05, 0.1) is 23.0 Å². The summed E-state index contributed by atoms with van der Waals surface area (Å²) in [5.41, 5.74) is 1.26. The first-order valence-corrected chi connectivity index (χ1v) is 11.9. The fourth-order valence-corrected chi connectivity index (χ4v) is 4.31. The number of carbonyl (C=O) groups excluding carboxylic acids is 1. The van der Waals surface area contributed by atoms with Gasteiger partial charge in [-0.05, 0) is 74.7 Å². The number of carbonyl (C=O) groups is 1. The monoisotopic (exact) mass is 527 g/mol. The molecule has 0 bridgehead atoms. The second-order valence-electron chi connectivity index (χ2n) is 9.77. The summed E-state index contributed by atoms with van der Waals surface area (Å²) in [6.07, 6.45) is -1.17. The highest BCUT2D eigenvalue weighted by Gasteiger charge is 2.23. The summed E-state index contributed by atoms with van der Waals surface area (Å²) in [4.78, 5) is 28.3. The number of aryl methyl sites for hydroxylation is 3. The predicted molar refractivity (Wildman–Crippen MR) is 139 cm³/mol. The summed E-state index contributed by atoms with van der Waals surface area (Å²) in [6, 6.07) is 9.10. The molecule has 0 aliphatic rings. The summed E-state index contributed by atoms with van der Waals surface area (Å²) in [5.74, 6) is -0.375. The minimum Gasteiger partial charge on any atom is -0.456 e. The fourth-order valence-electron chi connectivity index (χ4n) is 4.31. The molecule has 38 heavy (non-hydrogen) atoms. The van der Waals surface area contributed by atoms with Gasteiger partial charge >= 0.3 is 0 Å². The van der Waals surface area contributed by atoms with Crippen LogP contribution in [0.25, 0.3) is 22.0 Å². The highest BCUT2D eigenvalue weighted by atomic mass is 19.3. The molecule has 0 aliphatic heterocycles. The van der Waals surface area contributed by atoms with Crippen LogP contribution < -0.4 is 15.6 Å². The average Bonchev–Trinajstić information content (AvgIpc) is 3.27. The van der Waals surface area contributed by atoms with E-state index in [0.29, 0.717) is 44.8 Å². The molecule has 0 aliphatic carbocycles. The Kier molecular flexibility index (Phi) is 7.12. The van der Waals surface area contributed by atoms with Crippen molar-refractivity contribution in [2.75, 3.05) is 6.54 Å². The van der Waals surface area contributed by atoms with Crippen molar-refractivity contribution in [3.8, 4) is 22.6 Å². The Morgan fingerprint density at radius 2 is 1.79 bits per heavy atom. The molecule has 2 heterocycles. The van der Waals surface area contributed by atoms with Crippen molar-refractivity contribution < 1.29 is 27.8 Å². The first-order valence-electron chi connectivity index (χ1n) is 11.9. The smallest absolute Gasteiger partial charge is 0.267 e. The number of alkyl halides is 2. The third kappa shape index (κ3) is 5.31. The molecule has 4 rings (SSSR count). The molecule has 3 N–H and O–H groups in total. The van der Waals surface area contributed by atoms with Crippen LogP contribution in [0.1, 0.15) is 41.0 Å². The van der Waals surface area contributed by atoms with Crippen LogP contribution in [-0.4, -0.2) is 33.5 Å². The number of ether oxygens (including phenoxy) is 1. The second-order valence-corrected chi connectivity index (χ2v) is 9.77. The zero-order valence-corrected chi connectivity index (χ0v) is 21.6. The van der Waals surface area contributed by atoms with Gasteiger partial charge in [0, 0.05) is 24.4 Å². The zero-order valence-electron chi connectivity index (χ0n) is 21.6. The lowest BCUT2D eigenvalue weighted by molar-refractivity contribution is 0.0786. The van der Waals surface area contributed by atoms with E-state index in [1.165, 1.54) is 22.8 Å².